The lowest BCUT2D eigenvalue weighted by molar-refractivity contribution is -0.123. The van der Waals surface area contributed by atoms with Crippen molar-refractivity contribution in [1.82, 2.24) is 0 Å². The van der Waals surface area contributed by atoms with Crippen LogP contribution in [0.5, 0.6) is 0 Å². The molecule has 1 spiro atoms. The zero-order valence-corrected chi connectivity index (χ0v) is 7.82. The Hall–Kier alpha value is -0.220. The molecule has 1 saturated heterocycles. The molecule has 4 heteroatoms. The molecule has 4 N–H and O–H groups in total. The summed E-state index contributed by atoms with van der Waals surface area (Å²) in [7, 11) is 0. The molecule has 0 aromatic rings. The van der Waals surface area contributed by atoms with E-state index in [-0.39, 0.29) is 5.91 Å². The number of thioether (sulfide) groups is 1. The molecule has 0 bridgehead atoms. The monoisotopic (exact) mass is 186 g/mol. The van der Waals surface area contributed by atoms with Crippen molar-refractivity contribution in [3.8, 4) is 0 Å². The van der Waals surface area contributed by atoms with E-state index in [1.165, 1.54) is 12.8 Å². The normalized spacial score (nSPS) is 38.1. The van der Waals surface area contributed by atoms with Gasteiger partial charge in [0.1, 0.15) is 0 Å². The van der Waals surface area contributed by atoms with Crippen LogP contribution in [-0.2, 0) is 4.79 Å². The Morgan fingerprint density at radius 2 is 2.00 bits per heavy atom. The molecule has 0 aromatic heterocycles. The fourth-order valence-electron chi connectivity index (χ4n) is 1.83. The second kappa shape index (κ2) is 2.39. The highest BCUT2D eigenvalue weighted by Gasteiger charge is 2.53. The van der Waals surface area contributed by atoms with E-state index in [0.29, 0.717) is 4.75 Å². The van der Waals surface area contributed by atoms with Crippen LogP contribution < -0.4 is 11.5 Å². The van der Waals surface area contributed by atoms with Gasteiger partial charge in [-0.2, -0.15) is 11.8 Å². The summed E-state index contributed by atoms with van der Waals surface area (Å²) in [5.41, 5.74) is 10.5. The van der Waals surface area contributed by atoms with Gasteiger partial charge in [0.25, 0.3) is 0 Å². The van der Waals surface area contributed by atoms with Gasteiger partial charge < -0.3 is 11.5 Å². The van der Waals surface area contributed by atoms with Crippen molar-refractivity contribution in [3.63, 3.8) is 0 Å². The number of carbonyl (C=O) groups is 1. The predicted molar refractivity (Wildman–Crippen MR) is 49.8 cm³/mol. The van der Waals surface area contributed by atoms with Crippen LogP contribution in [0.2, 0.25) is 0 Å². The number of hydrogen-bond donors (Lipinski definition) is 2. The fourth-order valence-corrected chi connectivity index (χ4v) is 3.48. The van der Waals surface area contributed by atoms with Crippen molar-refractivity contribution < 1.29 is 4.79 Å². The average molecular weight is 186 g/mol. The lowest BCUT2D eigenvalue weighted by Crippen LogP contribution is -2.56. The SMILES string of the molecule is NC(=O)C1(N)CCSC2(CC2)C1. The van der Waals surface area contributed by atoms with Crippen LogP contribution in [0.15, 0.2) is 0 Å². The number of primary amides is 1. The van der Waals surface area contributed by atoms with Gasteiger partial charge in [0.2, 0.25) is 5.91 Å². The molecule has 2 aliphatic rings. The highest BCUT2D eigenvalue weighted by Crippen LogP contribution is 2.56. The molecular formula is C8H14N2OS. The highest BCUT2D eigenvalue weighted by atomic mass is 32.2. The molecule has 1 unspecified atom stereocenters. The number of nitrogens with two attached hydrogens (primary N) is 2. The fraction of sp³-hybridized carbons (Fsp3) is 0.875. The maximum absolute atomic E-state index is 11.1. The first-order valence-corrected chi connectivity index (χ1v) is 5.28. The highest BCUT2D eigenvalue weighted by molar-refractivity contribution is 8.01. The Labute approximate surface area is 76.2 Å². The van der Waals surface area contributed by atoms with Crippen molar-refractivity contribution in [1.29, 1.82) is 0 Å². The molecule has 1 aliphatic heterocycles. The first-order valence-electron chi connectivity index (χ1n) is 4.29. The van der Waals surface area contributed by atoms with E-state index in [9.17, 15) is 4.79 Å². The number of carbonyl (C=O) groups excluding carboxylic acids is 1. The van der Waals surface area contributed by atoms with E-state index >= 15 is 0 Å². The summed E-state index contributed by atoms with van der Waals surface area (Å²) in [6.45, 7) is 0. The van der Waals surface area contributed by atoms with Crippen molar-refractivity contribution >= 4 is 17.7 Å². The molecule has 0 aromatic carbocycles. The standard InChI is InChI=1S/C8H14N2OS/c9-6(11)8(10)3-4-12-7(5-8)1-2-7/h1-5,10H2,(H2,9,11). The van der Waals surface area contributed by atoms with Gasteiger partial charge in [-0.3, -0.25) is 4.79 Å². The van der Waals surface area contributed by atoms with E-state index in [0.717, 1.165) is 18.6 Å². The molecular weight excluding hydrogens is 172 g/mol. The topological polar surface area (TPSA) is 69.1 Å². The summed E-state index contributed by atoms with van der Waals surface area (Å²) >= 11 is 1.96. The molecule has 1 saturated carbocycles. The Balaban J connectivity index is 2.12. The lowest BCUT2D eigenvalue weighted by atomic mass is 9.89. The van der Waals surface area contributed by atoms with Gasteiger partial charge in [-0.25, -0.2) is 0 Å². The molecule has 2 rings (SSSR count). The quantitative estimate of drug-likeness (QED) is 0.616. The van der Waals surface area contributed by atoms with Crippen molar-refractivity contribution in [2.75, 3.05) is 5.75 Å². The summed E-state index contributed by atoms with van der Waals surface area (Å²) in [5, 5.41) is 0. The summed E-state index contributed by atoms with van der Waals surface area (Å²) in [4.78, 5) is 11.1. The summed E-state index contributed by atoms with van der Waals surface area (Å²) in [5.74, 6) is 0.661. The average Bonchev–Trinajstić information content (AvgIpc) is 2.68. The molecule has 3 nitrogen and oxygen atoms in total. The van der Waals surface area contributed by atoms with E-state index < -0.39 is 5.54 Å². The third-order valence-corrected chi connectivity index (χ3v) is 4.47. The van der Waals surface area contributed by atoms with Gasteiger partial charge in [-0.15, -0.1) is 0 Å². The predicted octanol–water partition coefficient (Wildman–Crippen LogP) is 0.229. The minimum Gasteiger partial charge on any atom is -0.368 e. The van der Waals surface area contributed by atoms with Crippen LogP contribution in [0, 0.1) is 0 Å². The molecule has 1 heterocycles. The van der Waals surface area contributed by atoms with Crippen LogP contribution in [0.25, 0.3) is 0 Å². The molecule has 12 heavy (non-hydrogen) atoms. The Bertz CT molecular complexity index is 227. The number of hydrogen-bond acceptors (Lipinski definition) is 3. The van der Waals surface area contributed by atoms with E-state index in [2.05, 4.69) is 0 Å². The van der Waals surface area contributed by atoms with Crippen LogP contribution in [0.4, 0.5) is 0 Å². The second-order valence-corrected chi connectivity index (χ2v) is 5.54. The molecule has 68 valence electrons. The second-order valence-electron chi connectivity index (χ2n) is 3.98. The maximum Gasteiger partial charge on any atom is 0.237 e. The third kappa shape index (κ3) is 1.23. The van der Waals surface area contributed by atoms with E-state index in [1.807, 2.05) is 11.8 Å². The Morgan fingerprint density at radius 3 is 2.50 bits per heavy atom. The molecule has 1 amide bonds. The zero-order chi connectivity index (χ0) is 8.82. The van der Waals surface area contributed by atoms with Gasteiger partial charge in [-0.1, -0.05) is 0 Å². The minimum atomic E-state index is -0.707. The molecule has 2 fully saturated rings. The first-order chi connectivity index (χ1) is 5.56. The van der Waals surface area contributed by atoms with Crippen LogP contribution in [0.3, 0.4) is 0 Å². The zero-order valence-electron chi connectivity index (χ0n) is 7.01. The smallest absolute Gasteiger partial charge is 0.237 e. The number of rotatable bonds is 1. The van der Waals surface area contributed by atoms with Crippen molar-refractivity contribution in [2.45, 2.75) is 36.0 Å². The van der Waals surface area contributed by atoms with Gasteiger partial charge in [-0.05, 0) is 31.4 Å². The summed E-state index contributed by atoms with van der Waals surface area (Å²) in [6, 6.07) is 0. The van der Waals surface area contributed by atoms with Crippen LogP contribution in [-0.4, -0.2) is 21.9 Å². The van der Waals surface area contributed by atoms with E-state index in [1.54, 1.807) is 0 Å². The molecule has 1 atom stereocenters. The number of amides is 1. The van der Waals surface area contributed by atoms with E-state index in [4.69, 9.17) is 11.5 Å². The minimum absolute atomic E-state index is 0.325. The summed E-state index contributed by atoms with van der Waals surface area (Å²) in [6.07, 6.45) is 3.96. The van der Waals surface area contributed by atoms with Gasteiger partial charge in [0.05, 0.1) is 5.54 Å². The Morgan fingerprint density at radius 1 is 1.33 bits per heavy atom. The lowest BCUT2D eigenvalue weighted by Gasteiger charge is -2.35. The maximum atomic E-state index is 11.1. The molecule has 0 radical (unpaired) electrons. The van der Waals surface area contributed by atoms with Gasteiger partial charge in [0.15, 0.2) is 0 Å². The summed E-state index contributed by atoms with van der Waals surface area (Å²) < 4.78 is 0.335. The Kier molecular flexibility index (Phi) is 1.67. The van der Waals surface area contributed by atoms with Crippen molar-refractivity contribution in [3.05, 3.63) is 0 Å². The largest absolute Gasteiger partial charge is 0.368 e. The van der Waals surface area contributed by atoms with Gasteiger partial charge >= 0.3 is 0 Å². The van der Waals surface area contributed by atoms with Crippen LogP contribution in [0.1, 0.15) is 25.7 Å². The van der Waals surface area contributed by atoms with Crippen LogP contribution >= 0.6 is 11.8 Å². The van der Waals surface area contributed by atoms with Crippen molar-refractivity contribution in [2.24, 2.45) is 11.5 Å². The molecule has 1 aliphatic carbocycles. The third-order valence-electron chi connectivity index (χ3n) is 2.89. The van der Waals surface area contributed by atoms with Gasteiger partial charge in [0, 0.05) is 4.75 Å². The first kappa shape index (κ1) is 8.38.